The molecular formula is C11H19N3OS. The highest BCUT2D eigenvalue weighted by atomic mass is 32.1. The molecule has 0 bridgehead atoms. The van der Waals surface area contributed by atoms with Crippen molar-refractivity contribution in [3.63, 3.8) is 0 Å². The highest BCUT2D eigenvalue weighted by molar-refractivity contribution is 7.09. The minimum absolute atomic E-state index is 0.487. The lowest BCUT2D eigenvalue weighted by Gasteiger charge is -2.34. The number of rotatable bonds is 4. The molecule has 1 saturated heterocycles. The molecule has 2 heterocycles. The summed E-state index contributed by atoms with van der Waals surface area (Å²) < 4.78 is 9.80. The Kier molecular flexibility index (Phi) is 4.12. The van der Waals surface area contributed by atoms with Gasteiger partial charge in [-0.15, -0.1) is 0 Å². The number of hydrogen-bond acceptors (Lipinski definition) is 5. The van der Waals surface area contributed by atoms with Crippen LogP contribution in [-0.2, 0) is 4.74 Å². The minimum atomic E-state index is 0.487. The third-order valence-electron chi connectivity index (χ3n) is 2.90. The van der Waals surface area contributed by atoms with Crippen molar-refractivity contribution in [3.8, 4) is 0 Å². The molecule has 2 rings (SSSR count). The monoisotopic (exact) mass is 241 g/mol. The Morgan fingerprint density at radius 3 is 3.06 bits per heavy atom. The quantitative estimate of drug-likeness (QED) is 0.810. The molecule has 0 radical (unpaired) electrons. The summed E-state index contributed by atoms with van der Waals surface area (Å²) in [5.41, 5.74) is 0. The Bertz CT molecular complexity index is 329. The van der Waals surface area contributed by atoms with Crippen LogP contribution in [-0.4, -0.2) is 35.2 Å². The molecule has 0 aliphatic carbocycles. The zero-order valence-corrected chi connectivity index (χ0v) is 10.8. The van der Waals surface area contributed by atoms with Crippen molar-refractivity contribution in [1.82, 2.24) is 9.36 Å². The standard InChI is InChI=1S/C11H19N3OS/c1-3-15-8-10-6-4-5-7-14(10)11-12-9(2)13-16-11/h10H,3-8H2,1-2H3. The topological polar surface area (TPSA) is 38.2 Å². The number of anilines is 1. The van der Waals surface area contributed by atoms with Crippen LogP contribution in [0.4, 0.5) is 5.13 Å². The van der Waals surface area contributed by atoms with Gasteiger partial charge in [0.05, 0.1) is 12.6 Å². The Labute approximate surface area is 101 Å². The molecule has 5 heteroatoms. The number of aryl methyl sites for hydroxylation is 1. The van der Waals surface area contributed by atoms with E-state index in [1.165, 1.54) is 30.8 Å². The van der Waals surface area contributed by atoms with E-state index >= 15 is 0 Å². The van der Waals surface area contributed by atoms with Crippen molar-refractivity contribution in [1.29, 1.82) is 0 Å². The molecule has 90 valence electrons. The van der Waals surface area contributed by atoms with Gasteiger partial charge in [-0.2, -0.15) is 4.37 Å². The molecule has 0 N–H and O–H groups in total. The second kappa shape index (κ2) is 5.59. The molecule has 4 nitrogen and oxygen atoms in total. The summed E-state index contributed by atoms with van der Waals surface area (Å²) in [6, 6.07) is 0.487. The average Bonchev–Trinajstić information content (AvgIpc) is 2.73. The highest BCUT2D eigenvalue weighted by Crippen LogP contribution is 2.26. The maximum Gasteiger partial charge on any atom is 0.205 e. The third-order valence-corrected chi connectivity index (χ3v) is 3.75. The molecule has 1 fully saturated rings. The largest absolute Gasteiger partial charge is 0.380 e. The number of hydrogen-bond donors (Lipinski definition) is 0. The number of nitrogens with zero attached hydrogens (tertiary/aromatic N) is 3. The van der Waals surface area contributed by atoms with E-state index in [4.69, 9.17) is 4.74 Å². The van der Waals surface area contributed by atoms with Gasteiger partial charge in [0.25, 0.3) is 0 Å². The van der Waals surface area contributed by atoms with Gasteiger partial charge in [-0.25, -0.2) is 4.98 Å². The van der Waals surface area contributed by atoms with Crippen molar-refractivity contribution in [2.24, 2.45) is 0 Å². The Balaban J connectivity index is 2.04. The van der Waals surface area contributed by atoms with Crippen molar-refractivity contribution in [3.05, 3.63) is 5.82 Å². The lowest BCUT2D eigenvalue weighted by molar-refractivity contribution is 0.123. The molecule has 16 heavy (non-hydrogen) atoms. The maximum atomic E-state index is 5.55. The SMILES string of the molecule is CCOCC1CCCCN1c1nc(C)ns1. The lowest BCUT2D eigenvalue weighted by Crippen LogP contribution is -2.42. The number of ether oxygens (including phenoxy) is 1. The summed E-state index contributed by atoms with van der Waals surface area (Å²) in [6.45, 7) is 6.69. The van der Waals surface area contributed by atoms with Crippen LogP contribution >= 0.6 is 11.5 Å². The van der Waals surface area contributed by atoms with Gasteiger partial charge in [-0.05, 0) is 33.1 Å². The summed E-state index contributed by atoms with van der Waals surface area (Å²) in [6.07, 6.45) is 3.76. The van der Waals surface area contributed by atoms with Gasteiger partial charge in [-0.3, -0.25) is 0 Å². The van der Waals surface area contributed by atoms with Gasteiger partial charge >= 0.3 is 0 Å². The van der Waals surface area contributed by atoms with Crippen LogP contribution in [0.2, 0.25) is 0 Å². The third kappa shape index (κ3) is 2.71. The Morgan fingerprint density at radius 2 is 2.38 bits per heavy atom. The van der Waals surface area contributed by atoms with Gasteiger partial charge in [0, 0.05) is 24.7 Å². The molecule has 1 unspecified atom stereocenters. The van der Waals surface area contributed by atoms with Gasteiger partial charge in [0.1, 0.15) is 5.82 Å². The van der Waals surface area contributed by atoms with Crippen LogP contribution in [0.5, 0.6) is 0 Å². The van der Waals surface area contributed by atoms with Crippen LogP contribution in [0.3, 0.4) is 0 Å². The molecule has 1 aromatic rings. The van der Waals surface area contributed by atoms with Gasteiger partial charge in [0.2, 0.25) is 5.13 Å². The van der Waals surface area contributed by atoms with Gasteiger partial charge in [0.15, 0.2) is 0 Å². The van der Waals surface area contributed by atoms with E-state index in [2.05, 4.69) is 14.3 Å². The van der Waals surface area contributed by atoms with Crippen LogP contribution in [0.25, 0.3) is 0 Å². The van der Waals surface area contributed by atoms with Crippen molar-refractivity contribution in [2.45, 2.75) is 39.2 Å². The van der Waals surface area contributed by atoms with E-state index in [1.807, 2.05) is 13.8 Å². The molecular weight excluding hydrogens is 222 g/mol. The fourth-order valence-electron chi connectivity index (χ4n) is 2.08. The highest BCUT2D eigenvalue weighted by Gasteiger charge is 2.24. The first kappa shape index (κ1) is 11.8. The molecule has 1 aliphatic heterocycles. The smallest absolute Gasteiger partial charge is 0.205 e. The van der Waals surface area contributed by atoms with E-state index < -0.39 is 0 Å². The molecule has 1 aliphatic rings. The predicted octanol–water partition coefficient (Wildman–Crippen LogP) is 2.24. The van der Waals surface area contributed by atoms with Crippen molar-refractivity contribution in [2.75, 3.05) is 24.7 Å². The van der Waals surface area contributed by atoms with Gasteiger partial charge in [-0.1, -0.05) is 0 Å². The normalized spacial score (nSPS) is 21.4. The second-order valence-corrected chi connectivity index (χ2v) is 4.86. The summed E-state index contributed by atoms with van der Waals surface area (Å²) in [5.74, 6) is 0.876. The Hall–Kier alpha value is -0.680. The van der Waals surface area contributed by atoms with Crippen LogP contribution in [0.15, 0.2) is 0 Å². The van der Waals surface area contributed by atoms with Gasteiger partial charge < -0.3 is 9.64 Å². The van der Waals surface area contributed by atoms with E-state index in [0.717, 1.165) is 30.7 Å². The number of aromatic nitrogens is 2. The maximum absolute atomic E-state index is 5.55. The fourth-order valence-corrected chi connectivity index (χ4v) is 2.86. The molecule has 0 aromatic carbocycles. The summed E-state index contributed by atoms with van der Waals surface area (Å²) in [7, 11) is 0. The molecule has 0 spiro atoms. The zero-order valence-electron chi connectivity index (χ0n) is 9.98. The van der Waals surface area contributed by atoms with E-state index in [0.29, 0.717) is 6.04 Å². The number of piperidine rings is 1. The summed E-state index contributed by atoms with van der Waals surface area (Å²) in [4.78, 5) is 6.84. The van der Waals surface area contributed by atoms with Crippen LogP contribution in [0, 0.1) is 6.92 Å². The lowest BCUT2D eigenvalue weighted by atomic mass is 10.0. The first-order chi connectivity index (χ1) is 7.81. The Morgan fingerprint density at radius 1 is 1.50 bits per heavy atom. The second-order valence-electron chi connectivity index (χ2n) is 4.13. The molecule has 0 saturated carbocycles. The molecule has 1 atom stereocenters. The fraction of sp³-hybridized carbons (Fsp3) is 0.818. The van der Waals surface area contributed by atoms with Crippen molar-refractivity contribution < 1.29 is 4.74 Å². The van der Waals surface area contributed by atoms with Crippen molar-refractivity contribution >= 4 is 16.7 Å². The van der Waals surface area contributed by atoms with E-state index in [9.17, 15) is 0 Å². The minimum Gasteiger partial charge on any atom is -0.380 e. The van der Waals surface area contributed by atoms with E-state index in [1.54, 1.807) is 0 Å². The van der Waals surface area contributed by atoms with Crippen LogP contribution in [0.1, 0.15) is 32.0 Å². The first-order valence-electron chi connectivity index (χ1n) is 5.96. The first-order valence-corrected chi connectivity index (χ1v) is 6.73. The molecule has 1 aromatic heterocycles. The average molecular weight is 241 g/mol. The zero-order chi connectivity index (χ0) is 11.4. The van der Waals surface area contributed by atoms with Crippen LogP contribution < -0.4 is 4.90 Å². The van der Waals surface area contributed by atoms with E-state index in [-0.39, 0.29) is 0 Å². The summed E-state index contributed by atoms with van der Waals surface area (Å²) >= 11 is 1.50. The summed E-state index contributed by atoms with van der Waals surface area (Å²) in [5, 5.41) is 1.06. The molecule has 0 amide bonds. The predicted molar refractivity (Wildman–Crippen MR) is 66.1 cm³/mol.